The summed E-state index contributed by atoms with van der Waals surface area (Å²) >= 11 is 0. The Morgan fingerprint density at radius 1 is 1.23 bits per heavy atom. The summed E-state index contributed by atoms with van der Waals surface area (Å²) in [4.78, 5) is 12.1. The number of carbonyl (C=O) groups excluding carboxylic acids is 1. The smallest absolute Gasteiger partial charge is 0.252 e. The monoisotopic (exact) mass is 320 g/mol. The highest BCUT2D eigenvalue weighted by Crippen LogP contribution is 2.21. The Morgan fingerprint density at radius 3 is 2.55 bits per heavy atom. The lowest BCUT2D eigenvalue weighted by molar-refractivity contribution is 0.0958. The second-order valence-corrected chi connectivity index (χ2v) is 7.17. The van der Waals surface area contributed by atoms with E-state index >= 15 is 0 Å². The molecule has 1 amide bonds. The summed E-state index contributed by atoms with van der Waals surface area (Å²) in [5, 5.41) is 2.53. The van der Waals surface area contributed by atoms with Crippen molar-refractivity contribution in [2.45, 2.75) is 30.6 Å². The molecule has 0 atom stereocenters. The maximum Gasteiger partial charge on any atom is 0.252 e. The van der Waals surface area contributed by atoms with Gasteiger partial charge >= 0.3 is 0 Å². The number of hydrogen-bond acceptors (Lipinski definition) is 3. The fraction of sp³-hybridized carbons (Fsp3) is 0.438. The Morgan fingerprint density at radius 2 is 1.91 bits per heavy atom. The van der Waals surface area contributed by atoms with Crippen molar-refractivity contribution in [3.63, 3.8) is 0 Å². The first-order chi connectivity index (χ1) is 10.6. The van der Waals surface area contributed by atoms with Gasteiger partial charge in [0.25, 0.3) is 5.91 Å². The Hall–Kier alpha value is -1.84. The van der Waals surface area contributed by atoms with Crippen LogP contribution in [0.25, 0.3) is 0 Å². The molecule has 0 radical (unpaired) electrons. The first kappa shape index (κ1) is 16.5. The molecule has 22 heavy (non-hydrogen) atoms. The summed E-state index contributed by atoms with van der Waals surface area (Å²) in [5.74, 6) is 1.94. The van der Waals surface area contributed by atoms with Crippen molar-refractivity contribution < 1.29 is 13.2 Å². The SMILES string of the molecule is C#CCNC(=O)c1cccc(S(=O)(=O)N2CCCCCC2)c1. The molecule has 1 aromatic carbocycles. The summed E-state index contributed by atoms with van der Waals surface area (Å²) in [7, 11) is -3.55. The molecule has 1 aliphatic rings. The minimum Gasteiger partial charge on any atom is -0.341 e. The predicted octanol–water partition coefficient (Wildman–Crippen LogP) is 1.61. The molecule has 0 aliphatic carbocycles. The Kier molecular flexibility index (Phi) is 5.58. The molecule has 118 valence electrons. The van der Waals surface area contributed by atoms with Crippen LogP contribution in [-0.4, -0.2) is 38.3 Å². The van der Waals surface area contributed by atoms with E-state index in [0.717, 1.165) is 25.7 Å². The molecule has 5 nitrogen and oxygen atoms in total. The molecular formula is C16H20N2O3S. The van der Waals surface area contributed by atoms with Crippen LogP contribution in [0, 0.1) is 12.3 Å². The van der Waals surface area contributed by atoms with Crippen LogP contribution in [0.5, 0.6) is 0 Å². The first-order valence-corrected chi connectivity index (χ1v) is 8.81. The third-order valence-corrected chi connectivity index (χ3v) is 5.54. The fourth-order valence-electron chi connectivity index (χ4n) is 2.46. The first-order valence-electron chi connectivity index (χ1n) is 7.37. The van der Waals surface area contributed by atoms with E-state index in [1.165, 1.54) is 16.4 Å². The van der Waals surface area contributed by atoms with Crippen LogP contribution in [0.3, 0.4) is 0 Å². The van der Waals surface area contributed by atoms with Crippen LogP contribution in [0.4, 0.5) is 0 Å². The summed E-state index contributed by atoms with van der Waals surface area (Å²) in [6, 6.07) is 6.09. The van der Waals surface area contributed by atoms with E-state index < -0.39 is 10.0 Å². The number of rotatable bonds is 4. The number of nitrogens with one attached hydrogen (secondary N) is 1. The van der Waals surface area contributed by atoms with Gasteiger partial charge in [0, 0.05) is 18.7 Å². The second-order valence-electron chi connectivity index (χ2n) is 5.23. The topological polar surface area (TPSA) is 66.5 Å². The molecule has 0 spiro atoms. The Labute approximate surface area is 131 Å². The normalized spacial score (nSPS) is 16.5. The van der Waals surface area contributed by atoms with Gasteiger partial charge in [0.05, 0.1) is 11.4 Å². The highest BCUT2D eigenvalue weighted by atomic mass is 32.2. The van der Waals surface area contributed by atoms with Gasteiger partial charge in [-0.3, -0.25) is 4.79 Å². The molecular weight excluding hydrogens is 300 g/mol. The Balaban J connectivity index is 2.24. The molecule has 0 saturated carbocycles. The average Bonchev–Trinajstić information content (AvgIpc) is 2.82. The highest BCUT2D eigenvalue weighted by Gasteiger charge is 2.25. The van der Waals surface area contributed by atoms with Crippen molar-refractivity contribution in [2.24, 2.45) is 0 Å². The van der Waals surface area contributed by atoms with Gasteiger partial charge in [-0.2, -0.15) is 4.31 Å². The molecule has 0 unspecified atom stereocenters. The molecule has 2 rings (SSSR count). The van der Waals surface area contributed by atoms with Gasteiger partial charge < -0.3 is 5.32 Å². The van der Waals surface area contributed by atoms with E-state index in [9.17, 15) is 13.2 Å². The van der Waals surface area contributed by atoms with Crippen LogP contribution in [0.15, 0.2) is 29.2 Å². The predicted molar refractivity (Wildman–Crippen MR) is 84.8 cm³/mol. The van der Waals surface area contributed by atoms with Gasteiger partial charge in [-0.15, -0.1) is 6.42 Å². The summed E-state index contributed by atoms with van der Waals surface area (Å²) < 4.78 is 26.9. The van der Waals surface area contributed by atoms with Gasteiger partial charge in [-0.1, -0.05) is 24.8 Å². The van der Waals surface area contributed by atoms with E-state index in [-0.39, 0.29) is 17.3 Å². The summed E-state index contributed by atoms with van der Waals surface area (Å²) in [6.07, 6.45) is 8.96. The quantitative estimate of drug-likeness (QED) is 0.857. The van der Waals surface area contributed by atoms with Crippen molar-refractivity contribution in [1.82, 2.24) is 9.62 Å². The van der Waals surface area contributed by atoms with Gasteiger partial charge in [-0.05, 0) is 31.0 Å². The molecule has 1 aliphatic heterocycles. The van der Waals surface area contributed by atoms with E-state index in [1.807, 2.05) is 0 Å². The zero-order chi connectivity index (χ0) is 16.0. The van der Waals surface area contributed by atoms with E-state index in [1.54, 1.807) is 12.1 Å². The van der Waals surface area contributed by atoms with Crippen LogP contribution in [-0.2, 0) is 10.0 Å². The van der Waals surface area contributed by atoms with Crippen LogP contribution < -0.4 is 5.32 Å². The maximum atomic E-state index is 12.7. The molecule has 1 aromatic rings. The average molecular weight is 320 g/mol. The molecule has 1 fully saturated rings. The number of amides is 1. The number of terminal acetylenes is 1. The molecule has 1 N–H and O–H groups in total. The number of sulfonamides is 1. The van der Waals surface area contributed by atoms with Crippen molar-refractivity contribution in [2.75, 3.05) is 19.6 Å². The minimum atomic E-state index is -3.55. The lowest BCUT2D eigenvalue weighted by atomic mass is 10.2. The standard InChI is InChI=1S/C16H20N2O3S/c1-2-10-17-16(19)14-8-7-9-15(13-14)22(20,21)18-11-5-3-4-6-12-18/h1,7-9,13H,3-6,10-12H2,(H,17,19). The second kappa shape index (κ2) is 7.43. The van der Waals surface area contributed by atoms with E-state index in [2.05, 4.69) is 11.2 Å². The fourth-order valence-corrected chi connectivity index (χ4v) is 4.03. The highest BCUT2D eigenvalue weighted by molar-refractivity contribution is 7.89. The summed E-state index contributed by atoms with van der Waals surface area (Å²) in [5.41, 5.74) is 0.297. The third-order valence-electron chi connectivity index (χ3n) is 3.65. The lowest BCUT2D eigenvalue weighted by Gasteiger charge is -2.20. The van der Waals surface area contributed by atoms with Gasteiger partial charge in [0.2, 0.25) is 10.0 Å². The van der Waals surface area contributed by atoms with Gasteiger partial charge in [-0.25, -0.2) is 8.42 Å². The molecule has 1 saturated heterocycles. The zero-order valence-electron chi connectivity index (χ0n) is 12.4. The molecule has 0 aromatic heterocycles. The van der Waals surface area contributed by atoms with Gasteiger partial charge in [0.1, 0.15) is 0 Å². The number of carbonyl (C=O) groups is 1. The zero-order valence-corrected chi connectivity index (χ0v) is 13.2. The molecule has 6 heteroatoms. The van der Waals surface area contributed by atoms with Crippen molar-refractivity contribution in [1.29, 1.82) is 0 Å². The van der Waals surface area contributed by atoms with Crippen LogP contribution in [0.1, 0.15) is 36.0 Å². The van der Waals surface area contributed by atoms with Crippen LogP contribution >= 0.6 is 0 Å². The number of benzene rings is 1. The van der Waals surface area contributed by atoms with E-state index in [4.69, 9.17) is 6.42 Å². The third kappa shape index (κ3) is 3.87. The van der Waals surface area contributed by atoms with Crippen molar-refractivity contribution in [3.8, 4) is 12.3 Å². The van der Waals surface area contributed by atoms with E-state index in [0.29, 0.717) is 18.7 Å². The maximum absolute atomic E-state index is 12.7. The lowest BCUT2D eigenvalue weighted by Crippen LogP contribution is -2.32. The van der Waals surface area contributed by atoms with Gasteiger partial charge in [0.15, 0.2) is 0 Å². The molecule has 0 bridgehead atoms. The van der Waals surface area contributed by atoms with Crippen LogP contribution in [0.2, 0.25) is 0 Å². The minimum absolute atomic E-state index is 0.113. The largest absolute Gasteiger partial charge is 0.341 e. The number of nitrogens with zero attached hydrogens (tertiary/aromatic N) is 1. The summed E-state index contributed by atoms with van der Waals surface area (Å²) in [6.45, 7) is 1.19. The molecule has 1 heterocycles. The van der Waals surface area contributed by atoms with Crippen molar-refractivity contribution in [3.05, 3.63) is 29.8 Å². The van der Waals surface area contributed by atoms with Crippen molar-refractivity contribution >= 4 is 15.9 Å². The number of hydrogen-bond donors (Lipinski definition) is 1. The Bertz CT molecular complexity index is 669.